The van der Waals surface area contributed by atoms with Gasteiger partial charge in [0.05, 0.1) is 22.5 Å². The molecule has 0 amide bonds. The van der Waals surface area contributed by atoms with Crippen molar-refractivity contribution in [1.82, 2.24) is 4.98 Å². The number of para-hydroxylation sites is 1. The Morgan fingerprint density at radius 3 is 2.29 bits per heavy atom. The first-order valence-corrected chi connectivity index (χ1v) is 11.8. The number of aryl methyl sites for hydroxylation is 1. The average molecular weight is 457 g/mol. The van der Waals surface area contributed by atoms with Crippen molar-refractivity contribution in [3.63, 3.8) is 0 Å². The van der Waals surface area contributed by atoms with Gasteiger partial charge in [0, 0.05) is 24.3 Å². The van der Waals surface area contributed by atoms with E-state index in [-0.39, 0.29) is 23.3 Å². The predicted molar refractivity (Wildman–Crippen MR) is 131 cm³/mol. The normalized spacial score (nSPS) is 13.3. The summed E-state index contributed by atoms with van der Waals surface area (Å²) in [6.07, 6.45) is 3.65. The van der Waals surface area contributed by atoms with E-state index in [9.17, 15) is 13.6 Å². The molecule has 0 fully saturated rings. The number of carbonyl (C=O) groups is 1. The maximum Gasteiger partial charge on any atom is 0.166 e. The van der Waals surface area contributed by atoms with Crippen LogP contribution in [0.15, 0.2) is 72.8 Å². The van der Waals surface area contributed by atoms with E-state index < -0.39 is 0 Å². The second kappa shape index (κ2) is 9.72. The van der Waals surface area contributed by atoms with Crippen LogP contribution in [0.5, 0.6) is 0 Å². The molecule has 3 nitrogen and oxygen atoms in total. The van der Waals surface area contributed by atoms with Gasteiger partial charge in [0.25, 0.3) is 0 Å². The minimum atomic E-state index is -0.301. The van der Waals surface area contributed by atoms with Crippen LogP contribution in [0.25, 0.3) is 10.9 Å². The van der Waals surface area contributed by atoms with Gasteiger partial charge in [-0.25, -0.2) is 8.78 Å². The van der Waals surface area contributed by atoms with Crippen LogP contribution in [-0.2, 0) is 6.42 Å². The van der Waals surface area contributed by atoms with Gasteiger partial charge in [0.2, 0.25) is 0 Å². The average Bonchev–Trinajstić information content (AvgIpc) is 2.83. The highest BCUT2D eigenvalue weighted by Crippen LogP contribution is 2.34. The summed E-state index contributed by atoms with van der Waals surface area (Å²) >= 11 is 0. The number of fused-ring (bicyclic) bond motifs is 2. The molecule has 1 aliphatic rings. The number of carbonyl (C=O) groups excluding carboxylic acids is 1. The summed E-state index contributed by atoms with van der Waals surface area (Å²) in [6.45, 7) is 0.634. The zero-order valence-electron chi connectivity index (χ0n) is 18.9. The Morgan fingerprint density at radius 2 is 1.59 bits per heavy atom. The van der Waals surface area contributed by atoms with Crippen molar-refractivity contribution in [2.45, 2.75) is 38.0 Å². The first kappa shape index (κ1) is 22.2. The summed E-state index contributed by atoms with van der Waals surface area (Å²) in [7, 11) is 0. The topological polar surface area (TPSA) is 42.0 Å². The monoisotopic (exact) mass is 456 g/mol. The van der Waals surface area contributed by atoms with Gasteiger partial charge >= 0.3 is 0 Å². The highest BCUT2D eigenvalue weighted by Gasteiger charge is 2.24. The predicted octanol–water partition coefficient (Wildman–Crippen LogP) is 7.06. The molecule has 0 aliphatic heterocycles. The molecule has 5 rings (SSSR count). The molecule has 0 saturated carbocycles. The molecule has 1 heterocycles. The summed E-state index contributed by atoms with van der Waals surface area (Å²) in [6, 6.07) is 20.9. The Kier molecular flexibility index (Phi) is 6.35. The van der Waals surface area contributed by atoms with E-state index in [4.69, 9.17) is 4.98 Å². The number of Topliss-reactive ketones (excluding diaryl/α,β-unsaturated/α-hetero) is 1. The molecule has 0 spiro atoms. The van der Waals surface area contributed by atoms with Crippen molar-refractivity contribution in [2.24, 2.45) is 0 Å². The van der Waals surface area contributed by atoms with Crippen molar-refractivity contribution in [3.05, 3.63) is 107 Å². The third-order valence-corrected chi connectivity index (χ3v) is 6.54. The summed E-state index contributed by atoms with van der Waals surface area (Å²) < 4.78 is 27.9. The molecule has 0 atom stereocenters. The molecule has 0 unspecified atom stereocenters. The van der Waals surface area contributed by atoms with Gasteiger partial charge in [-0.2, -0.15) is 0 Å². The standard InChI is InChI=1S/C29H26F2N2O/c30-21-9-3-7-19(17-21)23(20-8-4-10-22(31)18-20)12-6-16-32-29-24-11-1-2-13-25(24)33-26-14-5-15-27(34)28(26)29/h1-4,7-11,13,17-18,23H,5-6,12,14-16H2,(H,32,33). The smallest absolute Gasteiger partial charge is 0.166 e. The molecule has 0 saturated heterocycles. The maximum atomic E-state index is 14.0. The molecule has 1 N–H and O–H groups in total. The number of benzene rings is 3. The number of hydrogen-bond donors (Lipinski definition) is 1. The molecule has 0 radical (unpaired) electrons. The fraction of sp³-hybridized carbons (Fsp3) is 0.241. The molecule has 3 aromatic carbocycles. The van der Waals surface area contributed by atoms with Gasteiger partial charge in [0.1, 0.15) is 11.6 Å². The van der Waals surface area contributed by atoms with Crippen molar-refractivity contribution in [3.8, 4) is 0 Å². The molecule has 1 aromatic heterocycles. The highest BCUT2D eigenvalue weighted by atomic mass is 19.1. The number of aromatic nitrogens is 1. The minimum Gasteiger partial charge on any atom is -0.384 e. The van der Waals surface area contributed by atoms with Crippen LogP contribution in [0.2, 0.25) is 0 Å². The highest BCUT2D eigenvalue weighted by molar-refractivity contribution is 6.09. The van der Waals surface area contributed by atoms with Gasteiger partial charge in [-0.05, 0) is 67.1 Å². The van der Waals surface area contributed by atoms with Gasteiger partial charge in [0.15, 0.2) is 5.78 Å². The number of pyridine rings is 1. The molecule has 5 heteroatoms. The molecular formula is C29H26F2N2O. The third-order valence-electron chi connectivity index (χ3n) is 6.54. The zero-order chi connectivity index (χ0) is 23.5. The van der Waals surface area contributed by atoms with E-state index in [2.05, 4.69) is 5.32 Å². The summed E-state index contributed by atoms with van der Waals surface area (Å²) in [4.78, 5) is 17.5. The summed E-state index contributed by atoms with van der Waals surface area (Å²) in [5.41, 5.74) is 4.99. The Morgan fingerprint density at radius 1 is 0.882 bits per heavy atom. The number of hydrogen-bond acceptors (Lipinski definition) is 3. The molecule has 34 heavy (non-hydrogen) atoms. The molecule has 4 aromatic rings. The van der Waals surface area contributed by atoms with Gasteiger partial charge in [-0.1, -0.05) is 42.5 Å². The summed E-state index contributed by atoms with van der Waals surface area (Å²) in [5.74, 6) is -0.590. The van der Waals surface area contributed by atoms with E-state index >= 15 is 0 Å². The molecular weight excluding hydrogens is 430 g/mol. The Balaban J connectivity index is 1.39. The maximum absolute atomic E-state index is 14.0. The van der Waals surface area contributed by atoms with Crippen molar-refractivity contribution in [1.29, 1.82) is 0 Å². The van der Waals surface area contributed by atoms with E-state index in [1.165, 1.54) is 24.3 Å². The van der Waals surface area contributed by atoms with Crippen LogP contribution in [0, 0.1) is 11.6 Å². The molecule has 0 bridgehead atoms. The van der Waals surface area contributed by atoms with Gasteiger partial charge in [-0.3, -0.25) is 9.78 Å². The Labute approximate surface area is 197 Å². The van der Waals surface area contributed by atoms with Crippen LogP contribution in [0.1, 0.15) is 58.8 Å². The van der Waals surface area contributed by atoms with Crippen LogP contribution >= 0.6 is 0 Å². The first-order chi connectivity index (χ1) is 16.6. The Hall–Kier alpha value is -3.60. The second-order valence-electron chi connectivity index (χ2n) is 8.83. The lowest BCUT2D eigenvalue weighted by molar-refractivity contribution is 0.0972. The first-order valence-electron chi connectivity index (χ1n) is 11.8. The van der Waals surface area contributed by atoms with Gasteiger partial charge < -0.3 is 5.32 Å². The Bertz CT molecular complexity index is 1310. The lowest BCUT2D eigenvalue weighted by Crippen LogP contribution is -2.17. The molecule has 172 valence electrons. The number of halogens is 2. The van der Waals surface area contributed by atoms with Crippen molar-refractivity contribution >= 4 is 22.4 Å². The van der Waals surface area contributed by atoms with Gasteiger partial charge in [-0.15, -0.1) is 0 Å². The number of nitrogens with zero attached hydrogens (tertiary/aromatic N) is 1. The quantitative estimate of drug-likeness (QED) is 0.303. The SMILES string of the molecule is O=C1CCCc2nc3ccccc3c(NCCCC(c3cccc(F)c3)c3cccc(F)c3)c21. The van der Waals surface area contributed by atoms with E-state index in [0.29, 0.717) is 19.4 Å². The zero-order valence-corrected chi connectivity index (χ0v) is 18.9. The van der Waals surface area contributed by atoms with E-state index in [1.807, 2.05) is 36.4 Å². The summed E-state index contributed by atoms with van der Waals surface area (Å²) in [5, 5.41) is 4.47. The van der Waals surface area contributed by atoms with Crippen LogP contribution in [0.3, 0.4) is 0 Å². The number of ketones is 1. The van der Waals surface area contributed by atoms with Crippen molar-refractivity contribution in [2.75, 3.05) is 11.9 Å². The third kappa shape index (κ3) is 4.56. The van der Waals surface area contributed by atoms with Crippen LogP contribution in [0.4, 0.5) is 14.5 Å². The fourth-order valence-corrected chi connectivity index (χ4v) is 4.96. The molecule has 1 aliphatic carbocycles. The lowest BCUT2D eigenvalue weighted by Gasteiger charge is -2.22. The fourth-order valence-electron chi connectivity index (χ4n) is 4.96. The van der Waals surface area contributed by atoms with Crippen LogP contribution in [-0.4, -0.2) is 17.3 Å². The van der Waals surface area contributed by atoms with Crippen molar-refractivity contribution < 1.29 is 13.6 Å². The number of rotatable bonds is 7. The lowest BCUT2D eigenvalue weighted by atomic mass is 9.87. The van der Waals surface area contributed by atoms with E-state index in [0.717, 1.165) is 58.2 Å². The second-order valence-corrected chi connectivity index (χ2v) is 8.83. The minimum absolute atomic E-state index is 0.127. The van der Waals surface area contributed by atoms with E-state index in [1.54, 1.807) is 12.1 Å². The largest absolute Gasteiger partial charge is 0.384 e. The number of anilines is 1. The number of nitrogens with one attached hydrogen (secondary N) is 1. The van der Waals surface area contributed by atoms with Crippen LogP contribution < -0.4 is 5.32 Å².